The van der Waals surface area contributed by atoms with Crippen molar-refractivity contribution >= 4 is 23.2 Å². The number of amidine groups is 1. The second-order valence-electron chi connectivity index (χ2n) is 6.08. The molecule has 7 heteroatoms. The van der Waals surface area contributed by atoms with Gasteiger partial charge >= 0.3 is 5.97 Å². The lowest BCUT2D eigenvalue weighted by Gasteiger charge is -2.38. The fourth-order valence-corrected chi connectivity index (χ4v) is 3.08. The van der Waals surface area contributed by atoms with Crippen LogP contribution in [-0.2, 0) is 4.79 Å². The van der Waals surface area contributed by atoms with Crippen LogP contribution in [0.3, 0.4) is 0 Å². The molecule has 1 aliphatic rings. The molecule has 2 aromatic rings. The van der Waals surface area contributed by atoms with Gasteiger partial charge in [-0.25, -0.2) is 4.79 Å². The third-order valence-corrected chi connectivity index (χ3v) is 4.38. The normalized spacial score (nSPS) is 14.2. The number of nitrogens with two attached hydrogens (primary N) is 1. The summed E-state index contributed by atoms with van der Waals surface area (Å²) in [4.78, 5) is 15.1. The molecule has 4 N–H and O–H groups in total. The van der Waals surface area contributed by atoms with Crippen LogP contribution in [0.4, 0.5) is 11.4 Å². The molecule has 0 bridgehead atoms. The molecule has 0 aliphatic carbocycles. The van der Waals surface area contributed by atoms with E-state index in [1.54, 1.807) is 12.1 Å². The van der Waals surface area contributed by atoms with E-state index in [4.69, 9.17) is 21.0 Å². The number of hydrogen-bond donors (Lipinski definition) is 3. The van der Waals surface area contributed by atoms with Crippen molar-refractivity contribution in [1.82, 2.24) is 0 Å². The number of benzene rings is 2. The molecule has 0 aromatic heterocycles. The number of anilines is 2. The summed E-state index contributed by atoms with van der Waals surface area (Å²) in [7, 11) is 0. The number of nitrogen functional groups attached to an aromatic ring is 1. The first kappa shape index (κ1) is 17.6. The molecule has 0 saturated carbocycles. The van der Waals surface area contributed by atoms with E-state index in [1.807, 2.05) is 36.4 Å². The molecule has 7 nitrogen and oxygen atoms in total. The highest BCUT2D eigenvalue weighted by Gasteiger charge is 2.20. The standard InChI is InChI=1S/C19H22N4O3/c20-19(21)16-3-1-2-4-17(16)23-11-9-22(10-12-23)14-5-7-15(8-6-14)26-13-18(24)25/h1-8H,9-13H2,(H3,20,21)(H,24,25). The number of carboxylic acid groups (broad SMARTS) is 1. The van der Waals surface area contributed by atoms with E-state index >= 15 is 0 Å². The maximum absolute atomic E-state index is 10.5. The monoisotopic (exact) mass is 354 g/mol. The van der Waals surface area contributed by atoms with Gasteiger partial charge in [-0.2, -0.15) is 0 Å². The van der Waals surface area contributed by atoms with Crippen LogP contribution in [0.1, 0.15) is 5.56 Å². The van der Waals surface area contributed by atoms with Gasteiger partial charge in [0, 0.05) is 43.1 Å². The zero-order valence-electron chi connectivity index (χ0n) is 14.4. The number of nitrogens with one attached hydrogen (secondary N) is 1. The van der Waals surface area contributed by atoms with Crippen LogP contribution in [0, 0.1) is 5.41 Å². The van der Waals surface area contributed by atoms with Crippen molar-refractivity contribution in [3.8, 4) is 5.75 Å². The van der Waals surface area contributed by atoms with Gasteiger partial charge in [0.1, 0.15) is 11.6 Å². The molecule has 0 unspecified atom stereocenters. The fourth-order valence-electron chi connectivity index (χ4n) is 3.08. The molecule has 1 saturated heterocycles. The number of piperazine rings is 1. The number of carboxylic acids is 1. The third-order valence-electron chi connectivity index (χ3n) is 4.38. The fraction of sp³-hybridized carbons (Fsp3) is 0.263. The summed E-state index contributed by atoms with van der Waals surface area (Å²) in [5.41, 5.74) is 8.53. The van der Waals surface area contributed by atoms with Crippen LogP contribution in [0.25, 0.3) is 0 Å². The Kier molecular flexibility index (Phi) is 5.26. The lowest BCUT2D eigenvalue weighted by Crippen LogP contribution is -2.47. The highest BCUT2D eigenvalue weighted by atomic mass is 16.5. The van der Waals surface area contributed by atoms with Crippen molar-refractivity contribution in [2.24, 2.45) is 5.73 Å². The third kappa shape index (κ3) is 4.05. The first-order valence-corrected chi connectivity index (χ1v) is 8.42. The van der Waals surface area contributed by atoms with Crippen LogP contribution in [0.2, 0.25) is 0 Å². The quantitative estimate of drug-likeness (QED) is 0.540. The van der Waals surface area contributed by atoms with Crippen LogP contribution >= 0.6 is 0 Å². The lowest BCUT2D eigenvalue weighted by molar-refractivity contribution is -0.139. The average molecular weight is 354 g/mol. The Bertz CT molecular complexity index is 784. The van der Waals surface area contributed by atoms with Gasteiger partial charge in [-0.3, -0.25) is 5.41 Å². The van der Waals surface area contributed by atoms with E-state index in [0.717, 1.165) is 43.1 Å². The molecule has 26 heavy (non-hydrogen) atoms. The van der Waals surface area contributed by atoms with E-state index < -0.39 is 5.97 Å². The summed E-state index contributed by atoms with van der Waals surface area (Å²) < 4.78 is 5.16. The molecular formula is C19H22N4O3. The number of para-hydroxylation sites is 1. The smallest absolute Gasteiger partial charge is 0.341 e. The van der Waals surface area contributed by atoms with E-state index in [9.17, 15) is 4.79 Å². The van der Waals surface area contributed by atoms with Crippen molar-refractivity contribution in [2.75, 3.05) is 42.6 Å². The van der Waals surface area contributed by atoms with Crippen LogP contribution in [0.5, 0.6) is 5.75 Å². The van der Waals surface area contributed by atoms with Crippen LogP contribution in [-0.4, -0.2) is 49.7 Å². The molecule has 136 valence electrons. The SMILES string of the molecule is N=C(N)c1ccccc1N1CCN(c2ccc(OCC(=O)O)cc2)CC1. The number of hydrogen-bond acceptors (Lipinski definition) is 5. The summed E-state index contributed by atoms with van der Waals surface area (Å²) in [6.45, 7) is 3.03. The van der Waals surface area contributed by atoms with Gasteiger partial charge in [0.05, 0.1) is 0 Å². The molecule has 1 heterocycles. The minimum absolute atomic E-state index is 0.0833. The molecule has 1 fully saturated rings. The van der Waals surface area contributed by atoms with Crippen molar-refractivity contribution in [3.63, 3.8) is 0 Å². The van der Waals surface area contributed by atoms with Gasteiger partial charge in [-0.15, -0.1) is 0 Å². The highest BCUT2D eigenvalue weighted by Crippen LogP contribution is 2.25. The van der Waals surface area contributed by atoms with E-state index in [-0.39, 0.29) is 12.4 Å². The van der Waals surface area contributed by atoms with Gasteiger partial charge in [0.2, 0.25) is 0 Å². The number of rotatable bonds is 6. The number of nitrogens with zero attached hydrogens (tertiary/aromatic N) is 2. The molecule has 3 rings (SSSR count). The van der Waals surface area contributed by atoms with Gasteiger partial charge in [0.15, 0.2) is 6.61 Å². The lowest BCUT2D eigenvalue weighted by atomic mass is 10.1. The first-order valence-electron chi connectivity index (χ1n) is 8.42. The first-order chi connectivity index (χ1) is 12.5. The summed E-state index contributed by atoms with van der Waals surface area (Å²) in [5, 5.41) is 16.4. The van der Waals surface area contributed by atoms with Crippen molar-refractivity contribution in [1.29, 1.82) is 5.41 Å². The maximum atomic E-state index is 10.5. The van der Waals surface area contributed by atoms with Gasteiger partial charge in [-0.1, -0.05) is 12.1 Å². The van der Waals surface area contributed by atoms with Gasteiger partial charge in [0.25, 0.3) is 0 Å². The molecule has 2 aromatic carbocycles. The second-order valence-corrected chi connectivity index (χ2v) is 6.08. The van der Waals surface area contributed by atoms with Crippen molar-refractivity contribution in [2.45, 2.75) is 0 Å². The summed E-state index contributed by atoms with van der Waals surface area (Å²) in [5.74, 6) is -0.360. The van der Waals surface area contributed by atoms with E-state index in [0.29, 0.717) is 5.75 Å². The van der Waals surface area contributed by atoms with Crippen molar-refractivity contribution in [3.05, 3.63) is 54.1 Å². The Morgan fingerprint density at radius 2 is 1.65 bits per heavy atom. The highest BCUT2D eigenvalue weighted by molar-refractivity contribution is 6.00. The van der Waals surface area contributed by atoms with Crippen LogP contribution in [0.15, 0.2) is 48.5 Å². The molecule has 0 radical (unpaired) electrons. The van der Waals surface area contributed by atoms with Crippen molar-refractivity contribution < 1.29 is 14.6 Å². The van der Waals surface area contributed by atoms with Crippen LogP contribution < -0.4 is 20.3 Å². The van der Waals surface area contributed by atoms with Gasteiger partial charge in [-0.05, 0) is 36.4 Å². The molecular weight excluding hydrogens is 332 g/mol. The minimum atomic E-state index is -0.990. The average Bonchev–Trinajstić information content (AvgIpc) is 2.67. The number of aliphatic carboxylic acids is 1. The number of ether oxygens (including phenoxy) is 1. The Labute approximate surface area is 152 Å². The minimum Gasteiger partial charge on any atom is -0.482 e. The Morgan fingerprint density at radius 1 is 1.04 bits per heavy atom. The Balaban J connectivity index is 1.62. The molecule has 1 aliphatic heterocycles. The van der Waals surface area contributed by atoms with E-state index in [2.05, 4.69) is 9.80 Å². The second kappa shape index (κ2) is 7.77. The Morgan fingerprint density at radius 3 is 2.27 bits per heavy atom. The zero-order valence-corrected chi connectivity index (χ0v) is 14.4. The molecule has 0 amide bonds. The predicted octanol–water partition coefficient (Wildman–Crippen LogP) is 1.76. The maximum Gasteiger partial charge on any atom is 0.341 e. The Hall–Kier alpha value is -3.22. The molecule has 0 spiro atoms. The predicted molar refractivity (Wildman–Crippen MR) is 101 cm³/mol. The summed E-state index contributed by atoms with van der Waals surface area (Å²) in [6, 6.07) is 15.2. The zero-order chi connectivity index (χ0) is 18.5. The number of carbonyl (C=O) groups is 1. The summed E-state index contributed by atoms with van der Waals surface area (Å²) in [6.07, 6.45) is 0. The summed E-state index contributed by atoms with van der Waals surface area (Å²) >= 11 is 0. The van der Waals surface area contributed by atoms with Gasteiger partial charge < -0.3 is 25.4 Å². The molecule has 0 atom stereocenters. The topological polar surface area (TPSA) is 103 Å². The van der Waals surface area contributed by atoms with E-state index in [1.165, 1.54) is 0 Å². The largest absolute Gasteiger partial charge is 0.482 e.